The topological polar surface area (TPSA) is 64.6 Å². The van der Waals surface area contributed by atoms with Gasteiger partial charge in [0.05, 0.1) is 6.10 Å². The third-order valence-electron chi connectivity index (χ3n) is 4.27. The molecule has 0 aliphatic carbocycles. The van der Waals surface area contributed by atoms with Crippen molar-refractivity contribution in [1.29, 1.82) is 0 Å². The number of nitrogens with zero attached hydrogens (tertiary/aromatic N) is 1. The molecule has 5 nitrogen and oxygen atoms in total. The summed E-state index contributed by atoms with van der Waals surface area (Å²) in [5.41, 5.74) is 2.01. The van der Waals surface area contributed by atoms with Crippen molar-refractivity contribution in [3.63, 3.8) is 0 Å². The summed E-state index contributed by atoms with van der Waals surface area (Å²) < 4.78 is 0. The first-order chi connectivity index (χ1) is 10.9. The molecule has 1 aromatic rings. The van der Waals surface area contributed by atoms with E-state index in [1.54, 1.807) is 6.92 Å². The molecule has 0 unspecified atom stereocenters. The average Bonchev–Trinajstić information content (AvgIpc) is 2.92. The monoisotopic (exact) mass is 319 g/mol. The minimum atomic E-state index is -0.337. The first-order valence-electron chi connectivity index (χ1n) is 8.52. The molecule has 23 heavy (non-hydrogen) atoms. The van der Waals surface area contributed by atoms with Gasteiger partial charge in [-0.25, -0.2) is 4.79 Å². The van der Waals surface area contributed by atoms with Crippen molar-refractivity contribution in [2.24, 2.45) is 11.8 Å². The van der Waals surface area contributed by atoms with Gasteiger partial charge in [-0.3, -0.25) is 0 Å². The number of aliphatic hydroxyl groups excluding tert-OH is 1. The molecule has 3 atom stereocenters. The second-order valence-electron chi connectivity index (χ2n) is 6.91. The second kappa shape index (κ2) is 8.20. The molecule has 3 N–H and O–H groups in total. The zero-order chi connectivity index (χ0) is 16.8. The number of carbonyl (C=O) groups excluding carboxylic acids is 1. The fourth-order valence-electron chi connectivity index (χ4n) is 3.03. The molecule has 1 fully saturated rings. The number of urea groups is 1. The molecule has 1 heterocycles. The maximum absolute atomic E-state index is 11.9. The van der Waals surface area contributed by atoms with Gasteiger partial charge in [-0.2, -0.15) is 0 Å². The van der Waals surface area contributed by atoms with E-state index in [2.05, 4.69) is 34.6 Å². The van der Waals surface area contributed by atoms with Crippen LogP contribution in [0.1, 0.15) is 33.6 Å². The Kier molecular flexibility index (Phi) is 6.28. The van der Waals surface area contributed by atoms with Gasteiger partial charge in [0.25, 0.3) is 0 Å². The first kappa shape index (κ1) is 17.6. The Morgan fingerprint density at radius 2 is 2.04 bits per heavy atom. The van der Waals surface area contributed by atoms with Crippen molar-refractivity contribution in [1.82, 2.24) is 5.32 Å². The Labute approximate surface area is 139 Å². The Bertz CT molecular complexity index is 501. The largest absolute Gasteiger partial charge is 0.393 e. The van der Waals surface area contributed by atoms with Gasteiger partial charge in [-0.15, -0.1) is 0 Å². The van der Waals surface area contributed by atoms with Gasteiger partial charge in [0.2, 0.25) is 0 Å². The van der Waals surface area contributed by atoms with Crippen LogP contribution in [-0.4, -0.2) is 36.9 Å². The van der Waals surface area contributed by atoms with Crippen LogP contribution in [0.3, 0.4) is 0 Å². The van der Waals surface area contributed by atoms with E-state index in [1.807, 2.05) is 19.1 Å². The lowest BCUT2D eigenvalue weighted by molar-refractivity contribution is 0.163. The van der Waals surface area contributed by atoms with E-state index in [-0.39, 0.29) is 18.1 Å². The predicted octanol–water partition coefficient (Wildman–Crippen LogP) is 3.06. The number of hydrogen-bond donors (Lipinski definition) is 3. The van der Waals surface area contributed by atoms with E-state index in [1.165, 1.54) is 12.1 Å². The molecular formula is C18H29N3O2. The molecule has 1 saturated heterocycles. The lowest BCUT2D eigenvalue weighted by atomic mass is 10.1. The lowest BCUT2D eigenvalue weighted by Crippen LogP contribution is -2.33. The van der Waals surface area contributed by atoms with E-state index in [9.17, 15) is 9.90 Å². The number of nitrogens with one attached hydrogen (secondary N) is 2. The van der Waals surface area contributed by atoms with E-state index >= 15 is 0 Å². The number of benzene rings is 1. The number of anilines is 2. The van der Waals surface area contributed by atoms with Gasteiger partial charge in [0.1, 0.15) is 0 Å². The molecule has 1 aromatic carbocycles. The maximum atomic E-state index is 11.9. The van der Waals surface area contributed by atoms with Crippen molar-refractivity contribution < 1.29 is 9.90 Å². The molecule has 0 saturated carbocycles. The standard InChI is InChI=1S/C18H29N3O2/c1-13-8-9-21(12-13)17-6-4-16(5-7-17)20-18(23)19-11-14(2)10-15(3)22/h4-7,13-15,22H,8-12H2,1-3H3,(H2,19,20,23)/t13-,14+,15+/m1/s1. The molecule has 1 aliphatic heterocycles. The minimum Gasteiger partial charge on any atom is -0.393 e. The predicted molar refractivity (Wildman–Crippen MR) is 94.9 cm³/mol. The summed E-state index contributed by atoms with van der Waals surface area (Å²) in [4.78, 5) is 14.3. The Morgan fingerprint density at radius 1 is 1.35 bits per heavy atom. The van der Waals surface area contributed by atoms with Gasteiger partial charge >= 0.3 is 6.03 Å². The van der Waals surface area contributed by atoms with Crippen molar-refractivity contribution in [3.05, 3.63) is 24.3 Å². The highest BCUT2D eigenvalue weighted by atomic mass is 16.3. The number of aliphatic hydroxyl groups is 1. The van der Waals surface area contributed by atoms with Crippen molar-refractivity contribution in [2.75, 3.05) is 29.9 Å². The number of amides is 2. The van der Waals surface area contributed by atoms with E-state index in [4.69, 9.17) is 0 Å². The first-order valence-corrected chi connectivity index (χ1v) is 8.52. The van der Waals surface area contributed by atoms with Gasteiger partial charge in [-0.1, -0.05) is 13.8 Å². The van der Waals surface area contributed by atoms with Crippen LogP contribution in [-0.2, 0) is 0 Å². The van der Waals surface area contributed by atoms with Crippen LogP contribution >= 0.6 is 0 Å². The van der Waals surface area contributed by atoms with E-state index in [0.29, 0.717) is 13.0 Å². The second-order valence-corrected chi connectivity index (χ2v) is 6.91. The molecular weight excluding hydrogens is 290 g/mol. The minimum absolute atomic E-state index is 0.204. The smallest absolute Gasteiger partial charge is 0.319 e. The fraction of sp³-hybridized carbons (Fsp3) is 0.611. The summed E-state index contributed by atoms with van der Waals surface area (Å²) in [7, 11) is 0. The molecule has 1 aliphatic rings. The molecule has 0 radical (unpaired) electrons. The van der Waals surface area contributed by atoms with Crippen LogP contribution in [0.2, 0.25) is 0 Å². The highest BCUT2D eigenvalue weighted by Crippen LogP contribution is 2.24. The SMILES string of the molecule is C[C@H](CNC(=O)Nc1ccc(N2CC[C@@H](C)C2)cc1)C[C@H](C)O. The zero-order valence-electron chi connectivity index (χ0n) is 14.4. The summed E-state index contributed by atoms with van der Waals surface area (Å²) >= 11 is 0. The Morgan fingerprint density at radius 3 is 2.61 bits per heavy atom. The third kappa shape index (κ3) is 5.75. The number of rotatable bonds is 6. The van der Waals surface area contributed by atoms with Crippen molar-refractivity contribution in [2.45, 2.75) is 39.7 Å². The normalized spacial score (nSPS) is 20.2. The van der Waals surface area contributed by atoms with Crippen LogP contribution in [0, 0.1) is 11.8 Å². The summed E-state index contributed by atoms with van der Waals surface area (Å²) in [6, 6.07) is 7.80. The van der Waals surface area contributed by atoms with Gasteiger partial charge < -0.3 is 20.6 Å². The number of carbonyl (C=O) groups is 1. The summed E-state index contributed by atoms with van der Waals surface area (Å²) in [6.07, 6.45) is 1.59. The highest BCUT2D eigenvalue weighted by molar-refractivity contribution is 5.89. The van der Waals surface area contributed by atoms with Crippen LogP contribution in [0.4, 0.5) is 16.2 Å². The highest BCUT2D eigenvalue weighted by Gasteiger charge is 2.18. The molecule has 2 rings (SSSR count). The van der Waals surface area contributed by atoms with Crippen LogP contribution in [0.15, 0.2) is 24.3 Å². The molecule has 128 valence electrons. The molecule has 2 amide bonds. The van der Waals surface area contributed by atoms with Crippen LogP contribution in [0.5, 0.6) is 0 Å². The average molecular weight is 319 g/mol. The molecule has 0 spiro atoms. The van der Waals surface area contributed by atoms with Crippen molar-refractivity contribution in [3.8, 4) is 0 Å². The van der Waals surface area contributed by atoms with E-state index < -0.39 is 0 Å². The maximum Gasteiger partial charge on any atom is 0.319 e. The van der Waals surface area contributed by atoms with Gasteiger partial charge in [0.15, 0.2) is 0 Å². The molecule has 0 aromatic heterocycles. The van der Waals surface area contributed by atoms with Crippen LogP contribution in [0.25, 0.3) is 0 Å². The van der Waals surface area contributed by atoms with Gasteiger partial charge in [0, 0.05) is 31.0 Å². The summed E-state index contributed by atoms with van der Waals surface area (Å²) in [5.74, 6) is 1.00. The van der Waals surface area contributed by atoms with Crippen LogP contribution < -0.4 is 15.5 Å². The lowest BCUT2D eigenvalue weighted by Gasteiger charge is -2.18. The van der Waals surface area contributed by atoms with E-state index in [0.717, 1.165) is 24.7 Å². The third-order valence-corrected chi connectivity index (χ3v) is 4.27. The zero-order valence-corrected chi connectivity index (χ0v) is 14.4. The Balaban J connectivity index is 1.78. The van der Waals surface area contributed by atoms with Crippen molar-refractivity contribution >= 4 is 17.4 Å². The summed E-state index contributed by atoms with van der Waals surface area (Å²) in [6.45, 7) is 8.82. The summed E-state index contributed by atoms with van der Waals surface area (Å²) in [5, 5.41) is 15.0. The Hall–Kier alpha value is -1.75. The molecule has 0 bridgehead atoms. The fourth-order valence-corrected chi connectivity index (χ4v) is 3.03. The molecule has 5 heteroatoms. The van der Waals surface area contributed by atoms with Gasteiger partial charge in [-0.05, 0) is 55.9 Å². The quantitative estimate of drug-likeness (QED) is 0.755. The number of hydrogen-bond acceptors (Lipinski definition) is 3.